The number of hydrogen-bond donors (Lipinski definition) is 1. The molecule has 1 aromatic heterocycles. The highest BCUT2D eigenvalue weighted by Gasteiger charge is 2.13. The zero-order valence-corrected chi connectivity index (χ0v) is 14.3. The average molecular weight is 338 g/mol. The van der Waals surface area contributed by atoms with Crippen LogP contribution in [0.5, 0.6) is 5.88 Å². The summed E-state index contributed by atoms with van der Waals surface area (Å²) in [6.07, 6.45) is 3.30. The van der Waals surface area contributed by atoms with Crippen molar-refractivity contribution < 1.29 is 14.6 Å². The van der Waals surface area contributed by atoms with Crippen LogP contribution < -0.4 is 4.74 Å². The van der Waals surface area contributed by atoms with Crippen LogP contribution in [0, 0.1) is 6.92 Å². The van der Waals surface area contributed by atoms with E-state index in [-0.39, 0.29) is 5.88 Å². The largest absolute Gasteiger partial charge is 0.512 e. The van der Waals surface area contributed by atoms with Gasteiger partial charge in [-0.05, 0) is 44.5 Å². The van der Waals surface area contributed by atoms with Crippen LogP contribution in [0.3, 0.4) is 0 Å². The number of carboxylic acid groups (broad SMARTS) is 1. The van der Waals surface area contributed by atoms with E-state index in [4.69, 9.17) is 9.84 Å². The van der Waals surface area contributed by atoms with Crippen molar-refractivity contribution in [3.05, 3.63) is 65.4 Å². The van der Waals surface area contributed by atoms with Gasteiger partial charge in [0.15, 0.2) is 0 Å². The molecule has 2 aromatic rings. The topological polar surface area (TPSA) is 62.7 Å². The molecule has 0 spiro atoms. The van der Waals surface area contributed by atoms with Crippen LogP contribution in [0.2, 0.25) is 0 Å². The molecule has 0 bridgehead atoms. The van der Waals surface area contributed by atoms with Crippen molar-refractivity contribution >= 4 is 11.7 Å². The Morgan fingerprint density at radius 1 is 1.20 bits per heavy atom. The minimum absolute atomic E-state index is 0.0872. The maximum atomic E-state index is 10.8. The maximum Gasteiger partial charge on any atom is 0.512 e. The van der Waals surface area contributed by atoms with E-state index >= 15 is 0 Å². The predicted octanol–water partition coefficient (Wildman–Crippen LogP) is 3.97. The lowest BCUT2D eigenvalue weighted by Gasteiger charge is -2.14. The minimum Gasteiger partial charge on any atom is -0.449 e. The van der Waals surface area contributed by atoms with Gasteiger partial charge in [-0.3, -0.25) is 4.90 Å². The first-order chi connectivity index (χ1) is 12.1. The number of aryl methyl sites for hydroxylation is 1. The summed E-state index contributed by atoms with van der Waals surface area (Å²) < 4.78 is 4.71. The van der Waals surface area contributed by atoms with Crippen molar-refractivity contribution in [2.24, 2.45) is 0 Å². The van der Waals surface area contributed by atoms with Gasteiger partial charge in [0.05, 0.1) is 5.69 Å². The average Bonchev–Trinajstić information content (AvgIpc) is 3.10. The molecule has 0 aliphatic carbocycles. The van der Waals surface area contributed by atoms with Crippen LogP contribution in [0.25, 0.3) is 5.57 Å². The second-order valence-corrected chi connectivity index (χ2v) is 6.22. The van der Waals surface area contributed by atoms with Gasteiger partial charge in [-0.15, -0.1) is 0 Å². The monoisotopic (exact) mass is 338 g/mol. The fourth-order valence-electron chi connectivity index (χ4n) is 3.00. The van der Waals surface area contributed by atoms with E-state index in [1.165, 1.54) is 18.4 Å². The Morgan fingerprint density at radius 2 is 1.92 bits per heavy atom. The fraction of sp³-hybridized carbons (Fsp3) is 0.300. The Balaban J connectivity index is 1.93. The van der Waals surface area contributed by atoms with E-state index in [2.05, 4.69) is 47.1 Å². The summed E-state index contributed by atoms with van der Waals surface area (Å²) in [6.45, 7) is 5.15. The molecule has 1 aliphatic rings. The summed E-state index contributed by atoms with van der Waals surface area (Å²) in [5, 5.41) is 8.81. The van der Waals surface area contributed by atoms with Crippen LogP contribution in [0.4, 0.5) is 4.79 Å². The number of rotatable bonds is 5. The Kier molecular flexibility index (Phi) is 5.46. The molecule has 3 rings (SSSR count). The number of carbonyl (C=O) groups is 1. The lowest BCUT2D eigenvalue weighted by atomic mass is 10.0. The standard InChI is InChI=1S/C20H22N2O3/c1-15-7-9-16(10-8-15)17(11-14-22-12-2-3-13-22)18-5-4-6-19(21-18)25-20(23)24/h4-11H,2-3,12-14H2,1H3,(H,23,24)/b17-11+. The van der Waals surface area contributed by atoms with Crippen molar-refractivity contribution in [1.82, 2.24) is 9.88 Å². The molecule has 1 saturated heterocycles. The molecule has 0 unspecified atom stereocenters. The third-order valence-electron chi connectivity index (χ3n) is 4.31. The third-order valence-corrected chi connectivity index (χ3v) is 4.31. The van der Waals surface area contributed by atoms with Crippen molar-refractivity contribution in [2.75, 3.05) is 19.6 Å². The van der Waals surface area contributed by atoms with Gasteiger partial charge in [0.25, 0.3) is 0 Å². The fourth-order valence-corrected chi connectivity index (χ4v) is 3.00. The summed E-state index contributed by atoms with van der Waals surface area (Å²) in [5.41, 5.74) is 3.95. The molecule has 0 radical (unpaired) electrons. The number of nitrogens with zero attached hydrogens (tertiary/aromatic N) is 2. The molecule has 0 atom stereocenters. The lowest BCUT2D eigenvalue weighted by Crippen LogP contribution is -2.19. The van der Waals surface area contributed by atoms with Gasteiger partial charge in [0.1, 0.15) is 0 Å². The number of benzene rings is 1. The molecule has 25 heavy (non-hydrogen) atoms. The van der Waals surface area contributed by atoms with Crippen LogP contribution in [-0.2, 0) is 0 Å². The van der Waals surface area contributed by atoms with E-state index in [1.54, 1.807) is 12.1 Å². The van der Waals surface area contributed by atoms with Crippen LogP contribution in [-0.4, -0.2) is 40.8 Å². The number of hydrogen-bond acceptors (Lipinski definition) is 4. The normalized spacial score (nSPS) is 15.3. The molecule has 1 N–H and O–H groups in total. The molecule has 0 amide bonds. The Labute approximate surface area is 147 Å². The minimum atomic E-state index is -1.36. The zero-order chi connectivity index (χ0) is 17.6. The van der Waals surface area contributed by atoms with Crippen molar-refractivity contribution in [3.63, 3.8) is 0 Å². The second kappa shape index (κ2) is 7.94. The first-order valence-electron chi connectivity index (χ1n) is 8.49. The van der Waals surface area contributed by atoms with Gasteiger partial charge in [-0.1, -0.05) is 42.0 Å². The number of pyridine rings is 1. The molecule has 2 heterocycles. The number of likely N-dealkylation sites (tertiary alicyclic amines) is 1. The molecule has 130 valence electrons. The molecule has 1 aromatic carbocycles. The number of aromatic nitrogens is 1. The van der Waals surface area contributed by atoms with Gasteiger partial charge in [-0.25, -0.2) is 9.78 Å². The molecular weight excluding hydrogens is 316 g/mol. The molecule has 5 heteroatoms. The van der Waals surface area contributed by atoms with E-state index < -0.39 is 6.16 Å². The SMILES string of the molecule is Cc1ccc(/C(=C\CN2CCCC2)c2cccc(OC(=O)O)n2)cc1. The Morgan fingerprint density at radius 3 is 2.60 bits per heavy atom. The van der Waals surface area contributed by atoms with E-state index in [0.29, 0.717) is 5.69 Å². The second-order valence-electron chi connectivity index (χ2n) is 6.22. The smallest absolute Gasteiger partial charge is 0.449 e. The van der Waals surface area contributed by atoms with E-state index in [9.17, 15) is 4.79 Å². The van der Waals surface area contributed by atoms with E-state index in [0.717, 1.165) is 30.8 Å². The summed E-state index contributed by atoms with van der Waals surface area (Å²) >= 11 is 0. The summed E-state index contributed by atoms with van der Waals surface area (Å²) in [7, 11) is 0. The molecule has 0 saturated carbocycles. The van der Waals surface area contributed by atoms with Crippen molar-refractivity contribution in [1.29, 1.82) is 0 Å². The highest BCUT2D eigenvalue weighted by Crippen LogP contribution is 2.24. The first-order valence-corrected chi connectivity index (χ1v) is 8.49. The van der Waals surface area contributed by atoms with Gasteiger partial charge in [0, 0.05) is 18.2 Å². The Bertz CT molecular complexity index is 763. The van der Waals surface area contributed by atoms with Gasteiger partial charge in [-0.2, -0.15) is 0 Å². The Hall–Kier alpha value is -2.66. The lowest BCUT2D eigenvalue weighted by molar-refractivity contribution is 0.142. The van der Waals surface area contributed by atoms with Gasteiger partial charge >= 0.3 is 6.16 Å². The molecule has 5 nitrogen and oxygen atoms in total. The van der Waals surface area contributed by atoms with E-state index in [1.807, 2.05) is 6.07 Å². The molecule has 1 aliphatic heterocycles. The van der Waals surface area contributed by atoms with Gasteiger partial charge < -0.3 is 9.84 Å². The highest BCUT2D eigenvalue weighted by atomic mass is 16.7. The van der Waals surface area contributed by atoms with Crippen molar-refractivity contribution in [2.45, 2.75) is 19.8 Å². The van der Waals surface area contributed by atoms with Crippen LogP contribution in [0.15, 0.2) is 48.5 Å². The highest BCUT2D eigenvalue weighted by molar-refractivity contribution is 5.78. The third kappa shape index (κ3) is 4.67. The predicted molar refractivity (Wildman–Crippen MR) is 96.8 cm³/mol. The zero-order valence-electron chi connectivity index (χ0n) is 14.3. The number of ether oxygens (including phenoxy) is 1. The summed E-state index contributed by atoms with van der Waals surface area (Å²) in [4.78, 5) is 17.5. The maximum absolute atomic E-state index is 10.8. The first kappa shape index (κ1) is 17.2. The summed E-state index contributed by atoms with van der Waals surface area (Å²) in [6, 6.07) is 13.5. The quantitative estimate of drug-likeness (QED) is 0.836. The van der Waals surface area contributed by atoms with Crippen LogP contribution in [0.1, 0.15) is 29.7 Å². The van der Waals surface area contributed by atoms with Crippen molar-refractivity contribution in [3.8, 4) is 5.88 Å². The van der Waals surface area contributed by atoms with Gasteiger partial charge in [0.2, 0.25) is 5.88 Å². The molecule has 1 fully saturated rings. The molecular formula is C20H22N2O3. The van der Waals surface area contributed by atoms with Crippen LogP contribution >= 0.6 is 0 Å². The summed E-state index contributed by atoms with van der Waals surface area (Å²) in [5.74, 6) is 0.0872.